The van der Waals surface area contributed by atoms with Crippen LogP contribution in [0.3, 0.4) is 0 Å². The van der Waals surface area contributed by atoms with E-state index in [0.29, 0.717) is 0 Å². The molecule has 3 heteroatoms. The van der Waals surface area contributed by atoms with E-state index < -0.39 is 0 Å². The first kappa shape index (κ1) is 11.1. The first-order valence-electron chi connectivity index (χ1n) is 6.34. The van der Waals surface area contributed by atoms with Crippen LogP contribution in [-0.2, 0) is 4.74 Å². The van der Waals surface area contributed by atoms with E-state index in [2.05, 4.69) is 23.5 Å². The van der Waals surface area contributed by atoms with E-state index in [1.807, 2.05) is 6.07 Å². The molecule has 1 N–H and O–H groups in total. The van der Waals surface area contributed by atoms with Crippen LogP contribution in [0.15, 0.2) is 24.3 Å². The summed E-state index contributed by atoms with van der Waals surface area (Å²) in [5.41, 5.74) is 1.18. The molecule has 1 spiro atoms. The van der Waals surface area contributed by atoms with Crippen LogP contribution in [0.2, 0.25) is 0 Å². The Morgan fingerprint density at radius 3 is 2.82 bits per heavy atom. The molecule has 0 bridgehead atoms. The van der Waals surface area contributed by atoms with Gasteiger partial charge in [0.15, 0.2) is 0 Å². The van der Waals surface area contributed by atoms with Crippen LogP contribution < -0.4 is 10.1 Å². The van der Waals surface area contributed by atoms with Gasteiger partial charge in [-0.25, -0.2) is 0 Å². The number of rotatable bonds is 1. The highest BCUT2D eigenvalue weighted by Crippen LogP contribution is 2.44. The summed E-state index contributed by atoms with van der Waals surface area (Å²) in [6.45, 7) is 2.08. The van der Waals surface area contributed by atoms with Gasteiger partial charge in [-0.05, 0) is 32.0 Å². The normalized spacial score (nSPS) is 26.3. The smallest absolute Gasteiger partial charge is 0.125 e. The number of benzene rings is 1. The Hall–Kier alpha value is -1.06. The van der Waals surface area contributed by atoms with Gasteiger partial charge in [0.25, 0.3) is 0 Å². The molecule has 2 heterocycles. The van der Waals surface area contributed by atoms with Crippen molar-refractivity contribution in [1.29, 1.82) is 0 Å². The predicted molar refractivity (Wildman–Crippen MR) is 66.3 cm³/mol. The largest absolute Gasteiger partial charge is 0.487 e. The molecule has 17 heavy (non-hydrogen) atoms. The summed E-state index contributed by atoms with van der Waals surface area (Å²) in [6, 6.07) is 8.25. The van der Waals surface area contributed by atoms with Gasteiger partial charge < -0.3 is 14.8 Å². The van der Waals surface area contributed by atoms with Crippen LogP contribution in [0.1, 0.15) is 30.9 Å². The quantitative estimate of drug-likeness (QED) is 0.807. The van der Waals surface area contributed by atoms with Crippen molar-refractivity contribution in [3.63, 3.8) is 0 Å². The summed E-state index contributed by atoms with van der Waals surface area (Å²) in [5.74, 6) is 1.01. The maximum Gasteiger partial charge on any atom is 0.125 e. The Bertz CT molecular complexity index is 399. The molecule has 0 aromatic heterocycles. The predicted octanol–water partition coefficient (Wildman–Crippen LogP) is 2.28. The molecule has 0 saturated carbocycles. The maximum absolute atomic E-state index is 6.27. The Balaban J connectivity index is 1.94. The van der Waals surface area contributed by atoms with E-state index in [-0.39, 0.29) is 11.7 Å². The third-order valence-electron chi connectivity index (χ3n) is 3.95. The number of ether oxygens (including phenoxy) is 2. The van der Waals surface area contributed by atoms with E-state index in [9.17, 15) is 0 Å². The molecule has 1 saturated heterocycles. The number of piperidine rings is 1. The lowest BCUT2D eigenvalue weighted by molar-refractivity contribution is -0.0478. The second-order valence-electron chi connectivity index (χ2n) is 5.00. The van der Waals surface area contributed by atoms with Crippen molar-refractivity contribution in [2.75, 3.05) is 20.2 Å². The summed E-state index contributed by atoms with van der Waals surface area (Å²) in [7, 11) is 1.79. The zero-order valence-electron chi connectivity index (χ0n) is 10.2. The van der Waals surface area contributed by atoms with Crippen molar-refractivity contribution in [1.82, 2.24) is 5.32 Å². The molecular weight excluding hydrogens is 214 g/mol. The van der Waals surface area contributed by atoms with E-state index in [1.165, 1.54) is 5.56 Å². The van der Waals surface area contributed by atoms with Crippen LogP contribution in [0.4, 0.5) is 0 Å². The average molecular weight is 233 g/mol. The van der Waals surface area contributed by atoms with Crippen LogP contribution in [0.5, 0.6) is 5.75 Å². The number of para-hydroxylation sites is 1. The molecule has 1 atom stereocenters. The summed E-state index contributed by atoms with van der Waals surface area (Å²) in [5, 5.41) is 3.39. The molecular formula is C14H19NO2. The lowest BCUT2D eigenvalue weighted by Gasteiger charge is -2.44. The van der Waals surface area contributed by atoms with Crippen molar-refractivity contribution < 1.29 is 9.47 Å². The first-order chi connectivity index (χ1) is 8.33. The van der Waals surface area contributed by atoms with Crippen molar-refractivity contribution in [2.45, 2.75) is 31.0 Å². The summed E-state index contributed by atoms with van der Waals surface area (Å²) < 4.78 is 11.9. The van der Waals surface area contributed by atoms with Gasteiger partial charge in [-0.3, -0.25) is 0 Å². The van der Waals surface area contributed by atoms with E-state index in [1.54, 1.807) is 7.11 Å². The monoisotopic (exact) mass is 233 g/mol. The molecule has 1 aromatic rings. The van der Waals surface area contributed by atoms with E-state index in [0.717, 1.165) is 38.1 Å². The molecule has 92 valence electrons. The standard InChI is InChI=1S/C14H19NO2/c1-16-13-10-14(6-8-15-9-7-14)17-12-5-3-2-4-11(12)13/h2-5,13,15H,6-10H2,1H3. The van der Waals surface area contributed by atoms with Crippen LogP contribution in [-0.4, -0.2) is 25.8 Å². The topological polar surface area (TPSA) is 30.5 Å². The summed E-state index contributed by atoms with van der Waals surface area (Å²) >= 11 is 0. The summed E-state index contributed by atoms with van der Waals surface area (Å²) in [6.07, 6.45) is 3.29. The highest BCUT2D eigenvalue weighted by molar-refractivity contribution is 5.38. The zero-order chi connectivity index (χ0) is 11.7. The zero-order valence-corrected chi connectivity index (χ0v) is 10.2. The van der Waals surface area contributed by atoms with Crippen molar-refractivity contribution in [2.24, 2.45) is 0 Å². The highest BCUT2D eigenvalue weighted by Gasteiger charge is 2.41. The second kappa shape index (κ2) is 4.31. The molecule has 0 radical (unpaired) electrons. The van der Waals surface area contributed by atoms with Gasteiger partial charge >= 0.3 is 0 Å². The Morgan fingerprint density at radius 2 is 2.06 bits per heavy atom. The Morgan fingerprint density at radius 1 is 1.29 bits per heavy atom. The Labute approximate surface area is 102 Å². The number of hydrogen-bond donors (Lipinski definition) is 1. The molecule has 2 aliphatic rings. The number of methoxy groups -OCH3 is 1. The van der Waals surface area contributed by atoms with Gasteiger partial charge in [0.2, 0.25) is 0 Å². The maximum atomic E-state index is 6.27. The third-order valence-corrected chi connectivity index (χ3v) is 3.95. The van der Waals surface area contributed by atoms with Gasteiger partial charge in [-0.15, -0.1) is 0 Å². The van der Waals surface area contributed by atoms with Crippen LogP contribution in [0.25, 0.3) is 0 Å². The lowest BCUT2D eigenvalue weighted by Crippen LogP contribution is -2.49. The molecule has 3 rings (SSSR count). The second-order valence-corrected chi connectivity index (χ2v) is 5.00. The van der Waals surface area contributed by atoms with Crippen molar-refractivity contribution in [3.8, 4) is 5.75 Å². The fraction of sp³-hybridized carbons (Fsp3) is 0.571. The number of hydrogen-bond acceptors (Lipinski definition) is 3. The lowest BCUT2D eigenvalue weighted by atomic mass is 9.82. The first-order valence-corrected chi connectivity index (χ1v) is 6.34. The minimum absolute atomic E-state index is 0.0136. The number of nitrogens with one attached hydrogen (secondary N) is 1. The van der Waals surface area contributed by atoms with Gasteiger partial charge in [0.05, 0.1) is 6.10 Å². The minimum atomic E-state index is -0.0136. The highest BCUT2D eigenvalue weighted by atomic mass is 16.5. The van der Waals surface area contributed by atoms with Crippen molar-refractivity contribution >= 4 is 0 Å². The average Bonchev–Trinajstić information content (AvgIpc) is 2.38. The molecule has 0 amide bonds. The van der Waals surface area contributed by atoms with E-state index in [4.69, 9.17) is 9.47 Å². The van der Waals surface area contributed by atoms with Crippen molar-refractivity contribution in [3.05, 3.63) is 29.8 Å². The SMILES string of the molecule is COC1CC2(CCNCC2)Oc2ccccc21. The van der Waals surface area contributed by atoms with Gasteiger partial charge in [0.1, 0.15) is 11.4 Å². The minimum Gasteiger partial charge on any atom is -0.487 e. The van der Waals surface area contributed by atoms with Gasteiger partial charge in [-0.1, -0.05) is 18.2 Å². The van der Waals surface area contributed by atoms with Crippen LogP contribution >= 0.6 is 0 Å². The van der Waals surface area contributed by atoms with Gasteiger partial charge in [0, 0.05) is 19.1 Å². The van der Waals surface area contributed by atoms with E-state index >= 15 is 0 Å². The molecule has 1 aromatic carbocycles. The Kier molecular flexibility index (Phi) is 2.81. The number of fused-ring (bicyclic) bond motifs is 1. The third kappa shape index (κ3) is 1.94. The molecule has 1 fully saturated rings. The van der Waals surface area contributed by atoms with Gasteiger partial charge in [-0.2, -0.15) is 0 Å². The molecule has 3 nitrogen and oxygen atoms in total. The fourth-order valence-corrected chi connectivity index (χ4v) is 2.96. The molecule has 1 unspecified atom stereocenters. The summed E-state index contributed by atoms with van der Waals surface area (Å²) in [4.78, 5) is 0. The van der Waals surface area contributed by atoms with Crippen LogP contribution in [0, 0.1) is 0 Å². The molecule has 2 aliphatic heterocycles. The fourth-order valence-electron chi connectivity index (χ4n) is 2.96. The molecule has 0 aliphatic carbocycles.